The van der Waals surface area contributed by atoms with Crippen molar-refractivity contribution >= 4 is 9.52 Å². The van der Waals surface area contributed by atoms with E-state index in [1.165, 1.54) is 19.3 Å². The Bertz CT molecular complexity index is 57.4. The number of hydrogen-bond donors (Lipinski definition) is 0. The zero-order chi connectivity index (χ0) is 6.24. The highest BCUT2D eigenvalue weighted by Gasteiger charge is 1.74. The van der Waals surface area contributed by atoms with Crippen molar-refractivity contribution in [2.24, 2.45) is 0 Å². The fourth-order valence-electron chi connectivity index (χ4n) is 0.606. The van der Waals surface area contributed by atoms with Gasteiger partial charge in [0.25, 0.3) is 0 Å². The molecule has 0 nitrogen and oxygen atoms in total. The van der Waals surface area contributed by atoms with Crippen LogP contribution in [0.5, 0.6) is 0 Å². The Morgan fingerprint density at radius 3 is 2.75 bits per heavy atom. The van der Waals surface area contributed by atoms with E-state index in [9.17, 15) is 0 Å². The molecule has 0 aliphatic rings. The molecular weight excluding hydrogens is 112 g/mol. The minimum atomic E-state index is 0.205. The number of rotatable bonds is 4. The molecule has 0 spiro atoms. The van der Waals surface area contributed by atoms with Crippen LogP contribution in [-0.2, 0) is 0 Å². The van der Waals surface area contributed by atoms with E-state index < -0.39 is 0 Å². The highest BCUT2D eigenvalue weighted by Crippen LogP contribution is 1.93. The van der Waals surface area contributed by atoms with Gasteiger partial charge in [0.05, 0.1) is 0 Å². The maximum Gasteiger partial charge on any atom is 0.0419 e. The predicted octanol–water partition coefficient (Wildman–Crippen LogP) is 1.91. The monoisotopic (exact) mass is 128 g/mol. The van der Waals surface area contributed by atoms with E-state index in [4.69, 9.17) is 0 Å². The van der Waals surface area contributed by atoms with Crippen LogP contribution >= 0.6 is 0 Å². The van der Waals surface area contributed by atoms with Crippen LogP contribution in [0.4, 0.5) is 0 Å². The van der Waals surface area contributed by atoms with Gasteiger partial charge in [0, 0.05) is 9.52 Å². The summed E-state index contributed by atoms with van der Waals surface area (Å²) in [5.41, 5.74) is 2.37. The minimum absolute atomic E-state index is 0.205. The van der Waals surface area contributed by atoms with Crippen molar-refractivity contribution in [1.29, 1.82) is 0 Å². The van der Waals surface area contributed by atoms with Crippen molar-refractivity contribution in [3.05, 3.63) is 11.8 Å². The molecule has 1 heteroatoms. The summed E-state index contributed by atoms with van der Waals surface area (Å²) in [5, 5.41) is 0. The van der Waals surface area contributed by atoms with Crippen molar-refractivity contribution in [3.63, 3.8) is 0 Å². The Kier molecular flexibility index (Phi) is 6.92. The molecule has 0 atom stereocenters. The van der Waals surface area contributed by atoms with E-state index in [1.54, 1.807) is 0 Å². The molecule has 0 bridgehead atoms. The molecule has 0 amide bonds. The molecule has 0 radical (unpaired) electrons. The first-order chi connectivity index (χ1) is 3.91. The van der Waals surface area contributed by atoms with Gasteiger partial charge in [-0.05, 0) is 6.42 Å². The summed E-state index contributed by atoms with van der Waals surface area (Å²) in [4.78, 5) is 0. The van der Waals surface area contributed by atoms with Gasteiger partial charge in [-0.1, -0.05) is 32.4 Å². The van der Waals surface area contributed by atoms with E-state index >= 15 is 0 Å². The topological polar surface area (TPSA) is 0 Å². The van der Waals surface area contributed by atoms with Crippen molar-refractivity contribution < 1.29 is 0 Å². The smallest absolute Gasteiger partial charge is 0.0419 e. The van der Waals surface area contributed by atoms with E-state index in [0.717, 1.165) is 0 Å². The van der Waals surface area contributed by atoms with Crippen molar-refractivity contribution in [1.82, 2.24) is 0 Å². The molecule has 0 fully saturated rings. The molecular formula is C7H16Si. The van der Waals surface area contributed by atoms with Crippen molar-refractivity contribution in [3.8, 4) is 0 Å². The maximum atomic E-state index is 2.37. The Balaban J connectivity index is 2.80. The summed E-state index contributed by atoms with van der Waals surface area (Å²) in [5.74, 6) is 0. The normalized spacial score (nSPS) is 12.2. The number of unbranched alkanes of at least 4 members (excludes halogenated alkanes) is 2. The Morgan fingerprint density at radius 1 is 1.50 bits per heavy atom. The Morgan fingerprint density at radius 2 is 2.25 bits per heavy atom. The lowest BCUT2D eigenvalue weighted by molar-refractivity contribution is 0.815. The fraction of sp³-hybridized carbons (Fsp3) is 0.714. The third-order valence-electron chi connectivity index (χ3n) is 1.13. The first-order valence-electron chi connectivity index (χ1n) is 3.56. The largest absolute Gasteiger partial charge is 0.106 e. The van der Waals surface area contributed by atoms with Crippen LogP contribution in [0.3, 0.4) is 0 Å². The molecule has 0 aliphatic heterocycles. The van der Waals surface area contributed by atoms with Gasteiger partial charge in [0.1, 0.15) is 0 Å². The zero-order valence-corrected chi connectivity index (χ0v) is 7.40. The van der Waals surface area contributed by atoms with Crippen LogP contribution in [0.15, 0.2) is 11.8 Å². The highest BCUT2D eigenvalue weighted by atomic mass is 28.2. The van der Waals surface area contributed by atoms with E-state index in [0.29, 0.717) is 0 Å². The first-order valence-corrected chi connectivity index (χ1v) is 5.79. The third-order valence-corrected chi connectivity index (χ3v) is 1.93. The lowest BCUT2D eigenvalue weighted by Crippen LogP contribution is -1.71. The van der Waals surface area contributed by atoms with Crippen LogP contribution in [0.2, 0.25) is 6.55 Å². The molecule has 0 aromatic heterocycles. The molecule has 0 aliphatic carbocycles. The van der Waals surface area contributed by atoms with Crippen molar-refractivity contribution in [2.45, 2.75) is 32.7 Å². The number of allylic oxidation sites excluding steroid dienone is 1. The van der Waals surface area contributed by atoms with Crippen LogP contribution in [0.25, 0.3) is 0 Å². The molecule has 0 rings (SSSR count). The van der Waals surface area contributed by atoms with Crippen molar-refractivity contribution in [2.75, 3.05) is 0 Å². The summed E-state index contributed by atoms with van der Waals surface area (Å²) in [7, 11) is 0.205. The molecule has 0 heterocycles. The van der Waals surface area contributed by atoms with Gasteiger partial charge in [0.2, 0.25) is 0 Å². The summed E-state index contributed by atoms with van der Waals surface area (Å²) < 4.78 is 0. The second-order valence-electron chi connectivity index (χ2n) is 2.02. The summed E-state index contributed by atoms with van der Waals surface area (Å²) in [6, 6.07) is 0. The molecule has 8 heavy (non-hydrogen) atoms. The standard InChI is InChI=1S/C7H16Si/c1-3-4-5-6-7-8-2/h6-7H,3-5,8H2,1-2H3/b7-6+. The fourth-order valence-corrected chi connectivity index (χ4v) is 1.18. The minimum Gasteiger partial charge on any atom is -0.106 e. The molecule has 0 aromatic rings. The second kappa shape index (κ2) is 6.96. The average molecular weight is 128 g/mol. The molecule has 48 valence electrons. The number of hydrogen-bond acceptors (Lipinski definition) is 0. The van der Waals surface area contributed by atoms with Crippen LogP contribution < -0.4 is 0 Å². The van der Waals surface area contributed by atoms with E-state index in [-0.39, 0.29) is 9.52 Å². The summed E-state index contributed by atoms with van der Waals surface area (Å²) in [6.45, 7) is 4.54. The van der Waals surface area contributed by atoms with Gasteiger partial charge in [-0.2, -0.15) is 0 Å². The average Bonchev–Trinajstić information content (AvgIpc) is 1.81. The van der Waals surface area contributed by atoms with Crippen LogP contribution in [0, 0.1) is 0 Å². The lowest BCUT2D eigenvalue weighted by Gasteiger charge is -1.85. The lowest BCUT2D eigenvalue weighted by atomic mass is 10.2. The Labute approximate surface area is 54.8 Å². The second-order valence-corrected chi connectivity index (χ2v) is 3.31. The van der Waals surface area contributed by atoms with Gasteiger partial charge in [-0.15, -0.1) is 5.70 Å². The zero-order valence-electron chi connectivity index (χ0n) is 5.98. The summed E-state index contributed by atoms with van der Waals surface area (Å²) in [6.07, 6.45) is 6.33. The molecule has 0 aromatic carbocycles. The maximum absolute atomic E-state index is 2.37. The molecule has 0 saturated heterocycles. The molecule has 0 unspecified atom stereocenters. The van der Waals surface area contributed by atoms with Gasteiger partial charge < -0.3 is 0 Å². The van der Waals surface area contributed by atoms with E-state index in [2.05, 4.69) is 25.2 Å². The van der Waals surface area contributed by atoms with Crippen LogP contribution in [0.1, 0.15) is 26.2 Å². The Hall–Kier alpha value is -0.0431. The quantitative estimate of drug-likeness (QED) is 0.401. The van der Waals surface area contributed by atoms with Gasteiger partial charge in [-0.25, -0.2) is 0 Å². The van der Waals surface area contributed by atoms with Gasteiger partial charge >= 0.3 is 0 Å². The van der Waals surface area contributed by atoms with Gasteiger partial charge in [-0.3, -0.25) is 0 Å². The van der Waals surface area contributed by atoms with Gasteiger partial charge in [0.15, 0.2) is 0 Å². The predicted molar refractivity (Wildman–Crippen MR) is 43.1 cm³/mol. The van der Waals surface area contributed by atoms with Crippen LogP contribution in [-0.4, -0.2) is 9.52 Å². The summed E-state index contributed by atoms with van der Waals surface area (Å²) >= 11 is 0. The molecule has 0 saturated carbocycles. The third kappa shape index (κ3) is 5.96. The highest BCUT2D eigenvalue weighted by molar-refractivity contribution is 6.40. The van der Waals surface area contributed by atoms with E-state index in [1.807, 2.05) is 0 Å². The molecule has 0 N–H and O–H groups in total. The first kappa shape index (κ1) is 7.96. The SMILES string of the molecule is CCCC/C=C/[SiH2]C.